The minimum Gasteiger partial charge on any atom is -0.312 e. The minimum atomic E-state index is -0.521. The van der Waals surface area contributed by atoms with Gasteiger partial charge in [0, 0.05) is 36.5 Å². The quantitative estimate of drug-likeness (QED) is 0.461. The fourth-order valence-corrected chi connectivity index (χ4v) is 4.61. The zero-order valence-electron chi connectivity index (χ0n) is 18.6. The van der Waals surface area contributed by atoms with Gasteiger partial charge in [-0.1, -0.05) is 23.8 Å². The summed E-state index contributed by atoms with van der Waals surface area (Å²) in [6.07, 6.45) is 0.116. The van der Waals surface area contributed by atoms with Gasteiger partial charge in [-0.15, -0.1) is 11.3 Å². The molecule has 0 spiro atoms. The van der Waals surface area contributed by atoms with Crippen LogP contribution in [0.3, 0.4) is 0 Å². The molecule has 9 nitrogen and oxygen atoms in total. The molecule has 2 N–H and O–H groups in total. The van der Waals surface area contributed by atoms with E-state index in [0.717, 1.165) is 16.1 Å². The predicted octanol–water partition coefficient (Wildman–Crippen LogP) is 3.29. The summed E-state index contributed by atoms with van der Waals surface area (Å²) in [4.78, 5) is 47.4. The number of anilines is 2. The number of thiophene rings is 1. The van der Waals surface area contributed by atoms with Crippen molar-refractivity contribution in [3.63, 3.8) is 0 Å². The molecule has 0 unspecified atom stereocenters. The van der Waals surface area contributed by atoms with E-state index < -0.39 is 5.92 Å². The fraction of sp³-hybridized carbons (Fsp3) is 0.208. The molecule has 1 fully saturated rings. The molecule has 172 valence electrons. The number of hydrogen-bond donors (Lipinski definition) is 2. The van der Waals surface area contributed by atoms with Crippen LogP contribution < -0.4 is 15.8 Å². The van der Waals surface area contributed by atoms with Gasteiger partial charge in [-0.05, 0) is 37.4 Å². The molecule has 10 heteroatoms. The largest absolute Gasteiger partial charge is 0.312 e. The van der Waals surface area contributed by atoms with Crippen molar-refractivity contribution in [1.29, 1.82) is 0 Å². The van der Waals surface area contributed by atoms with E-state index in [1.165, 1.54) is 22.1 Å². The summed E-state index contributed by atoms with van der Waals surface area (Å²) in [6.45, 7) is 3.99. The summed E-state index contributed by atoms with van der Waals surface area (Å²) >= 11 is 1.51. The van der Waals surface area contributed by atoms with Gasteiger partial charge >= 0.3 is 0 Å². The summed E-state index contributed by atoms with van der Waals surface area (Å²) in [6, 6.07) is 14.6. The maximum absolute atomic E-state index is 13.2. The number of carbonyl (C=O) groups is 2. The van der Waals surface area contributed by atoms with Crippen LogP contribution >= 0.6 is 11.3 Å². The molecule has 4 aromatic rings. The van der Waals surface area contributed by atoms with Crippen LogP contribution in [0.2, 0.25) is 0 Å². The number of nitrogens with zero attached hydrogens (tertiary/aromatic N) is 4. The highest BCUT2D eigenvalue weighted by molar-refractivity contribution is 7.13. The number of amides is 2. The average molecular weight is 475 g/mol. The van der Waals surface area contributed by atoms with Crippen LogP contribution in [0.1, 0.15) is 17.7 Å². The van der Waals surface area contributed by atoms with Gasteiger partial charge in [0.2, 0.25) is 17.8 Å². The van der Waals surface area contributed by atoms with E-state index in [9.17, 15) is 14.4 Å². The third kappa shape index (κ3) is 4.27. The maximum Gasteiger partial charge on any atom is 0.252 e. The molecule has 5 rings (SSSR count). The summed E-state index contributed by atoms with van der Waals surface area (Å²) in [7, 11) is 0. The lowest BCUT2D eigenvalue weighted by atomic mass is 10.1. The summed E-state index contributed by atoms with van der Waals surface area (Å²) in [5.41, 5.74) is 2.72. The highest BCUT2D eigenvalue weighted by atomic mass is 32.1. The Bertz CT molecular complexity index is 1420. The van der Waals surface area contributed by atoms with Crippen molar-refractivity contribution in [2.45, 2.75) is 20.3 Å². The average Bonchev–Trinajstić information content (AvgIpc) is 3.53. The predicted molar refractivity (Wildman–Crippen MR) is 130 cm³/mol. The molecule has 0 bridgehead atoms. The molecule has 34 heavy (non-hydrogen) atoms. The first kappa shape index (κ1) is 21.8. The van der Waals surface area contributed by atoms with Crippen molar-refractivity contribution in [2.24, 2.45) is 5.92 Å². The number of aromatic nitrogens is 4. The van der Waals surface area contributed by atoms with Crippen LogP contribution in [0.25, 0.3) is 16.5 Å². The summed E-state index contributed by atoms with van der Waals surface area (Å²) in [5, 5.41) is 9.41. The van der Waals surface area contributed by atoms with Crippen LogP contribution in [0, 0.1) is 19.8 Å². The first-order valence-electron chi connectivity index (χ1n) is 10.8. The second-order valence-corrected chi connectivity index (χ2v) is 9.19. The van der Waals surface area contributed by atoms with Crippen molar-refractivity contribution in [2.75, 3.05) is 16.8 Å². The van der Waals surface area contributed by atoms with Gasteiger partial charge in [0.15, 0.2) is 0 Å². The van der Waals surface area contributed by atoms with Crippen LogP contribution in [-0.2, 0) is 9.59 Å². The van der Waals surface area contributed by atoms with E-state index in [1.54, 1.807) is 17.9 Å². The van der Waals surface area contributed by atoms with Crippen molar-refractivity contribution in [3.05, 3.63) is 75.5 Å². The molecule has 0 radical (unpaired) electrons. The SMILES string of the molecule is Cc1ccc(N2C[C@H](C(=O)Nc3cc(-c4cccs4)nn3-c3nc(C)cc(=O)[nH]3)CC2=O)cc1. The first-order chi connectivity index (χ1) is 16.4. The third-order valence-electron chi connectivity index (χ3n) is 5.63. The molecule has 3 aromatic heterocycles. The van der Waals surface area contributed by atoms with E-state index in [0.29, 0.717) is 23.8 Å². The van der Waals surface area contributed by atoms with E-state index in [4.69, 9.17) is 0 Å². The Morgan fingerprint density at radius 2 is 1.94 bits per heavy atom. The lowest BCUT2D eigenvalue weighted by Gasteiger charge is -2.17. The lowest BCUT2D eigenvalue weighted by Crippen LogP contribution is -2.28. The molecule has 1 atom stereocenters. The Morgan fingerprint density at radius 3 is 2.65 bits per heavy atom. The normalized spacial score (nSPS) is 15.6. The van der Waals surface area contributed by atoms with E-state index in [-0.39, 0.29) is 29.7 Å². The molecule has 4 heterocycles. The summed E-state index contributed by atoms with van der Waals surface area (Å²) < 4.78 is 1.41. The molecule has 1 aliphatic rings. The zero-order valence-corrected chi connectivity index (χ0v) is 19.4. The number of aromatic amines is 1. The maximum atomic E-state index is 13.2. The topological polar surface area (TPSA) is 113 Å². The van der Waals surface area contributed by atoms with Crippen molar-refractivity contribution < 1.29 is 9.59 Å². The van der Waals surface area contributed by atoms with Gasteiger partial charge in [0.1, 0.15) is 11.5 Å². The van der Waals surface area contributed by atoms with E-state index in [2.05, 4.69) is 20.4 Å². The summed E-state index contributed by atoms with van der Waals surface area (Å²) in [5.74, 6) is -0.347. The smallest absolute Gasteiger partial charge is 0.252 e. The van der Waals surface area contributed by atoms with Gasteiger partial charge in [-0.2, -0.15) is 9.78 Å². The van der Waals surface area contributed by atoms with Gasteiger partial charge in [0.05, 0.1) is 10.8 Å². The van der Waals surface area contributed by atoms with Gasteiger partial charge < -0.3 is 10.2 Å². The Morgan fingerprint density at radius 1 is 1.15 bits per heavy atom. The molecule has 0 aliphatic carbocycles. The number of hydrogen-bond acceptors (Lipinski definition) is 6. The number of H-pyrrole nitrogens is 1. The number of benzene rings is 1. The number of rotatable bonds is 5. The Kier molecular flexibility index (Phi) is 5.58. The van der Waals surface area contributed by atoms with E-state index in [1.807, 2.05) is 48.7 Å². The number of nitrogens with one attached hydrogen (secondary N) is 2. The van der Waals surface area contributed by atoms with Crippen LogP contribution in [0.5, 0.6) is 0 Å². The molecular weight excluding hydrogens is 452 g/mol. The second kappa shape index (κ2) is 8.71. The Balaban J connectivity index is 1.43. The van der Waals surface area contributed by atoms with Crippen LogP contribution in [0.4, 0.5) is 11.5 Å². The van der Waals surface area contributed by atoms with E-state index >= 15 is 0 Å². The lowest BCUT2D eigenvalue weighted by molar-refractivity contribution is -0.122. The Labute approximate surface area is 199 Å². The van der Waals surface area contributed by atoms with Crippen molar-refractivity contribution in [3.8, 4) is 16.5 Å². The van der Waals surface area contributed by atoms with Gasteiger partial charge in [0.25, 0.3) is 5.56 Å². The van der Waals surface area contributed by atoms with Crippen LogP contribution in [-0.4, -0.2) is 38.1 Å². The molecule has 2 amide bonds. The number of carbonyl (C=O) groups excluding carboxylic acids is 2. The standard InChI is InChI=1S/C24H22N6O3S/c1-14-5-7-17(8-6-14)29-13-16(11-22(29)32)23(33)26-20-12-18(19-4-3-9-34-19)28-30(20)24-25-15(2)10-21(31)27-24/h3-10,12,16H,11,13H2,1-2H3,(H,26,33)(H,25,27,31)/t16-/m1/s1. The fourth-order valence-electron chi connectivity index (χ4n) is 3.93. The first-order valence-corrected chi connectivity index (χ1v) is 11.7. The third-order valence-corrected chi connectivity index (χ3v) is 6.53. The van der Waals surface area contributed by atoms with Crippen LogP contribution in [0.15, 0.2) is 58.7 Å². The monoisotopic (exact) mass is 474 g/mol. The zero-order chi connectivity index (χ0) is 23.8. The molecule has 1 aromatic carbocycles. The highest BCUT2D eigenvalue weighted by Gasteiger charge is 2.35. The Hall–Kier alpha value is -4.05. The molecule has 1 aliphatic heterocycles. The molecule has 0 saturated carbocycles. The highest BCUT2D eigenvalue weighted by Crippen LogP contribution is 2.29. The molecule has 1 saturated heterocycles. The second-order valence-electron chi connectivity index (χ2n) is 8.24. The minimum absolute atomic E-state index is 0.0959. The van der Waals surface area contributed by atoms with Gasteiger partial charge in [-0.3, -0.25) is 19.4 Å². The molecular formula is C24H22N6O3S. The van der Waals surface area contributed by atoms with Crippen molar-refractivity contribution in [1.82, 2.24) is 19.7 Å². The number of aryl methyl sites for hydroxylation is 2. The van der Waals surface area contributed by atoms with Crippen molar-refractivity contribution >= 4 is 34.7 Å². The van der Waals surface area contributed by atoms with Gasteiger partial charge in [-0.25, -0.2) is 4.98 Å².